The summed E-state index contributed by atoms with van der Waals surface area (Å²) in [5, 5.41) is 3.61. The Balaban J connectivity index is 1.84. The van der Waals surface area contributed by atoms with E-state index in [-0.39, 0.29) is 0 Å². The maximum Gasteiger partial charge on any atom is 0.0547 e. The van der Waals surface area contributed by atoms with Crippen molar-refractivity contribution in [3.63, 3.8) is 0 Å². The maximum absolute atomic E-state index is 5.69. The van der Waals surface area contributed by atoms with Gasteiger partial charge in [0, 0.05) is 31.7 Å². The van der Waals surface area contributed by atoms with E-state index in [9.17, 15) is 0 Å². The van der Waals surface area contributed by atoms with E-state index in [1.807, 2.05) is 0 Å². The molecule has 0 bridgehead atoms. The lowest BCUT2D eigenvalue weighted by molar-refractivity contribution is 0.0855. The summed E-state index contributed by atoms with van der Waals surface area (Å²) in [6.45, 7) is 12.6. The SMILES string of the molecule is CCCNCC1(CN2CCCC(C)C2)CCOC1. The van der Waals surface area contributed by atoms with Crippen LogP contribution in [0.3, 0.4) is 0 Å². The molecule has 3 nitrogen and oxygen atoms in total. The van der Waals surface area contributed by atoms with Crippen molar-refractivity contribution in [3.05, 3.63) is 0 Å². The molecule has 0 radical (unpaired) electrons. The van der Waals surface area contributed by atoms with Crippen LogP contribution in [0.4, 0.5) is 0 Å². The van der Waals surface area contributed by atoms with Gasteiger partial charge in [0.2, 0.25) is 0 Å². The molecule has 0 aromatic carbocycles. The molecule has 2 aliphatic rings. The molecule has 1 N–H and O–H groups in total. The second-order valence-corrected chi connectivity index (χ2v) is 6.46. The molecule has 2 heterocycles. The van der Waals surface area contributed by atoms with Crippen molar-refractivity contribution in [1.82, 2.24) is 10.2 Å². The van der Waals surface area contributed by atoms with E-state index in [1.54, 1.807) is 0 Å². The van der Waals surface area contributed by atoms with E-state index < -0.39 is 0 Å². The molecule has 2 atom stereocenters. The lowest BCUT2D eigenvalue weighted by Crippen LogP contribution is -2.47. The fraction of sp³-hybridized carbons (Fsp3) is 1.00. The van der Waals surface area contributed by atoms with E-state index in [0.29, 0.717) is 5.41 Å². The van der Waals surface area contributed by atoms with Crippen molar-refractivity contribution in [3.8, 4) is 0 Å². The van der Waals surface area contributed by atoms with Crippen molar-refractivity contribution in [1.29, 1.82) is 0 Å². The van der Waals surface area contributed by atoms with Crippen LogP contribution in [-0.2, 0) is 4.74 Å². The summed E-state index contributed by atoms with van der Waals surface area (Å²) in [6, 6.07) is 0. The lowest BCUT2D eigenvalue weighted by atomic mass is 9.85. The van der Waals surface area contributed by atoms with Gasteiger partial charge in [-0.1, -0.05) is 13.8 Å². The average Bonchev–Trinajstić information content (AvgIpc) is 2.78. The highest BCUT2D eigenvalue weighted by Crippen LogP contribution is 2.30. The predicted molar refractivity (Wildman–Crippen MR) is 75.9 cm³/mol. The summed E-state index contributed by atoms with van der Waals surface area (Å²) in [7, 11) is 0. The minimum Gasteiger partial charge on any atom is -0.381 e. The molecule has 0 aliphatic carbocycles. The number of piperidine rings is 1. The Kier molecular flexibility index (Phi) is 5.46. The summed E-state index contributed by atoms with van der Waals surface area (Å²) in [4.78, 5) is 2.68. The average molecular weight is 254 g/mol. The largest absolute Gasteiger partial charge is 0.381 e. The summed E-state index contributed by atoms with van der Waals surface area (Å²) in [5.41, 5.74) is 0.381. The van der Waals surface area contributed by atoms with Gasteiger partial charge in [-0.05, 0) is 44.7 Å². The molecule has 0 saturated carbocycles. The smallest absolute Gasteiger partial charge is 0.0547 e. The summed E-state index contributed by atoms with van der Waals surface area (Å²) < 4.78 is 5.69. The minimum absolute atomic E-state index is 0.381. The Morgan fingerprint density at radius 2 is 2.33 bits per heavy atom. The number of nitrogens with one attached hydrogen (secondary N) is 1. The van der Waals surface area contributed by atoms with Crippen molar-refractivity contribution in [2.75, 3.05) is 45.9 Å². The molecule has 0 aromatic heterocycles. The van der Waals surface area contributed by atoms with Crippen LogP contribution in [0.1, 0.15) is 39.5 Å². The summed E-state index contributed by atoms with van der Waals surface area (Å²) >= 11 is 0. The van der Waals surface area contributed by atoms with Gasteiger partial charge in [0.25, 0.3) is 0 Å². The van der Waals surface area contributed by atoms with Crippen molar-refractivity contribution in [2.24, 2.45) is 11.3 Å². The first kappa shape index (κ1) is 14.3. The minimum atomic E-state index is 0.381. The monoisotopic (exact) mass is 254 g/mol. The van der Waals surface area contributed by atoms with Gasteiger partial charge in [-0.25, -0.2) is 0 Å². The topological polar surface area (TPSA) is 24.5 Å². The number of hydrogen-bond donors (Lipinski definition) is 1. The molecule has 2 saturated heterocycles. The van der Waals surface area contributed by atoms with Gasteiger partial charge in [0.15, 0.2) is 0 Å². The van der Waals surface area contributed by atoms with Crippen molar-refractivity contribution < 1.29 is 4.74 Å². The molecule has 0 amide bonds. The third kappa shape index (κ3) is 3.94. The number of hydrogen-bond acceptors (Lipinski definition) is 3. The second kappa shape index (κ2) is 6.88. The zero-order valence-electron chi connectivity index (χ0n) is 12.2. The van der Waals surface area contributed by atoms with Crippen LogP contribution in [0.5, 0.6) is 0 Å². The lowest BCUT2D eigenvalue weighted by Gasteiger charge is -2.38. The van der Waals surface area contributed by atoms with Crippen LogP contribution in [0, 0.1) is 11.3 Å². The highest BCUT2D eigenvalue weighted by atomic mass is 16.5. The molecule has 3 heteroatoms. The molecule has 0 aromatic rings. The standard InChI is InChI=1S/C15H30N2O/c1-3-7-16-11-15(6-9-18-13-15)12-17-8-4-5-14(2)10-17/h14,16H,3-13H2,1-2H3. The first-order valence-corrected chi connectivity index (χ1v) is 7.75. The quantitative estimate of drug-likeness (QED) is 0.735. The van der Waals surface area contributed by atoms with Gasteiger partial charge in [0.1, 0.15) is 0 Å². The Morgan fingerprint density at radius 3 is 3.00 bits per heavy atom. The Bertz CT molecular complexity index is 239. The molecule has 2 unspecified atom stereocenters. The van der Waals surface area contributed by atoms with Crippen LogP contribution in [0.2, 0.25) is 0 Å². The molecule has 2 fully saturated rings. The third-order valence-electron chi connectivity index (χ3n) is 4.41. The van der Waals surface area contributed by atoms with Gasteiger partial charge >= 0.3 is 0 Å². The highest BCUT2D eigenvalue weighted by molar-refractivity contribution is 4.89. The van der Waals surface area contributed by atoms with Crippen LogP contribution in [0.15, 0.2) is 0 Å². The van der Waals surface area contributed by atoms with E-state index >= 15 is 0 Å². The van der Waals surface area contributed by atoms with Crippen LogP contribution in [-0.4, -0.2) is 50.8 Å². The first-order valence-electron chi connectivity index (χ1n) is 7.75. The van der Waals surface area contributed by atoms with E-state index in [1.165, 1.54) is 45.3 Å². The van der Waals surface area contributed by atoms with E-state index in [0.717, 1.165) is 32.2 Å². The molecule has 2 aliphatic heterocycles. The van der Waals surface area contributed by atoms with Crippen molar-refractivity contribution >= 4 is 0 Å². The Labute approximate surface area is 112 Å². The fourth-order valence-electron chi connectivity index (χ4n) is 3.40. The third-order valence-corrected chi connectivity index (χ3v) is 4.41. The summed E-state index contributed by atoms with van der Waals surface area (Å²) in [5.74, 6) is 0.877. The van der Waals surface area contributed by atoms with Gasteiger partial charge in [-0.2, -0.15) is 0 Å². The zero-order chi connectivity index (χ0) is 12.8. The summed E-state index contributed by atoms with van der Waals surface area (Å²) in [6.07, 6.45) is 5.24. The van der Waals surface area contributed by atoms with E-state index in [4.69, 9.17) is 4.74 Å². The molecule has 106 valence electrons. The molecular formula is C15H30N2O. The van der Waals surface area contributed by atoms with Crippen LogP contribution in [0.25, 0.3) is 0 Å². The van der Waals surface area contributed by atoms with Crippen molar-refractivity contribution in [2.45, 2.75) is 39.5 Å². The molecular weight excluding hydrogens is 224 g/mol. The van der Waals surface area contributed by atoms with Crippen LogP contribution < -0.4 is 5.32 Å². The normalized spacial score (nSPS) is 34.0. The highest BCUT2D eigenvalue weighted by Gasteiger charge is 2.36. The van der Waals surface area contributed by atoms with Gasteiger partial charge in [0.05, 0.1) is 6.61 Å². The predicted octanol–water partition coefficient (Wildman–Crippen LogP) is 2.12. The fourth-order valence-corrected chi connectivity index (χ4v) is 3.40. The van der Waals surface area contributed by atoms with Gasteiger partial charge in [-0.3, -0.25) is 0 Å². The maximum atomic E-state index is 5.69. The number of nitrogens with zero attached hydrogens (tertiary/aromatic N) is 1. The number of ether oxygens (including phenoxy) is 1. The van der Waals surface area contributed by atoms with E-state index in [2.05, 4.69) is 24.1 Å². The Hall–Kier alpha value is -0.120. The molecule has 18 heavy (non-hydrogen) atoms. The second-order valence-electron chi connectivity index (χ2n) is 6.46. The van der Waals surface area contributed by atoms with Gasteiger partial charge < -0.3 is 15.0 Å². The zero-order valence-corrected chi connectivity index (χ0v) is 12.2. The number of likely N-dealkylation sites (tertiary alicyclic amines) is 1. The molecule has 0 spiro atoms. The van der Waals surface area contributed by atoms with Gasteiger partial charge in [-0.15, -0.1) is 0 Å². The molecule has 2 rings (SSSR count). The number of rotatable bonds is 6. The first-order chi connectivity index (χ1) is 8.74. The Morgan fingerprint density at radius 1 is 1.44 bits per heavy atom. The van der Waals surface area contributed by atoms with Crippen LogP contribution >= 0.6 is 0 Å².